The fraction of sp³-hybridized carbons (Fsp3) is 0.545. The molecule has 0 bridgehead atoms. The second-order valence-electron chi connectivity index (χ2n) is 4.11. The molecule has 1 unspecified atom stereocenters. The van der Waals surface area contributed by atoms with E-state index in [4.69, 9.17) is 14.9 Å². The van der Waals surface area contributed by atoms with Crippen LogP contribution in [0.1, 0.15) is 18.7 Å². The zero-order valence-electron chi connectivity index (χ0n) is 11.0. The first-order valence-electron chi connectivity index (χ1n) is 6.25. The maximum Gasteiger partial charge on any atom is 0.412 e. The number of anilines is 1. The molecule has 1 saturated heterocycles. The topological polar surface area (TPSA) is 121 Å². The number of nitrogens with one attached hydrogen (secondary N) is 3. The van der Waals surface area contributed by atoms with Crippen LogP contribution >= 0.6 is 0 Å². The molecule has 0 saturated carbocycles. The van der Waals surface area contributed by atoms with Gasteiger partial charge in [-0.15, -0.1) is 4.73 Å². The van der Waals surface area contributed by atoms with E-state index in [-0.39, 0.29) is 18.5 Å². The summed E-state index contributed by atoms with van der Waals surface area (Å²) in [6, 6.07) is 1.45. The Balaban J connectivity index is 2.24. The second-order valence-corrected chi connectivity index (χ2v) is 4.11. The van der Waals surface area contributed by atoms with Crippen molar-refractivity contribution in [2.45, 2.75) is 13.0 Å². The minimum absolute atomic E-state index is 0.00706. The van der Waals surface area contributed by atoms with Crippen molar-refractivity contribution in [1.29, 1.82) is 5.41 Å². The van der Waals surface area contributed by atoms with Gasteiger partial charge in [0.15, 0.2) is 5.82 Å². The van der Waals surface area contributed by atoms with Crippen LogP contribution in [0.2, 0.25) is 0 Å². The molecule has 1 aliphatic heterocycles. The molecule has 9 nitrogen and oxygen atoms in total. The van der Waals surface area contributed by atoms with Crippen molar-refractivity contribution in [2.24, 2.45) is 0 Å². The predicted octanol–water partition coefficient (Wildman–Crippen LogP) is -0.171. The third-order valence-corrected chi connectivity index (χ3v) is 2.71. The Morgan fingerprint density at radius 3 is 3.25 bits per heavy atom. The molecule has 1 fully saturated rings. The Kier molecular flexibility index (Phi) is 4.53. The van der Waals surface area contributed by atoms with Crippen LogP contribution in [0.5, 0.6) is 0 Å². The Labute approximate surface area is 115 Å². The Morgan fingerprint density at radius 2 is 2.60 bits per heavy atom. The summed E-state index contributed by atoms with van der Waals surface area (Å²) in [4.78, 5) is 15.3. The van der Waals surface area contributed by atoms with Gasteiger partial charge in [-0.25, -0.2) is 9.78 Å². The first-order valence-corrected chi connectivity index (χ1v) is 6.25. The molecule has 9 heteroatoms. The van der Waals surface area contributed by atoms with Crippen molar-refractivity contribution in [1.82, 2.24) is 15.0 Å². The molecule has 1 aromatic rings. The maximum atomic E-state index is 11.4. The molecule has 0 spiro atoms. The molecular weight excluding hydrogens is 266 g/mol. The van der Waals surface area contributed by atoms with Gasteiger partial charge in [0.2, 0.25) is 0 Å². The first kappa shape index (κ1) is 14.3. The van der Waals surface area contributed by atoms with Gasteiger partial charge in [0.25, 0.3) is 5.62 Å². The van der Waals surface area contributed by atoms with Crippen molar-refractivity contribution in [3.8, 4) is 0 Å². The van der Waals surface area contributed by atoms with Crippen LogP contribution < -0.4 is 16.3 Å². The molecule has 2 heterocycles. The summed E-state index contributed by atoms with van der Waals surface area (Å²) in [5.74, 6) is 0.00706. The number of carbonyl (C=O) groups excluding carboxylic acids is 1. The Bertz CT molecular complexity index is 538. The molecule has 1 amide bonds. The van der Waals surface area contributed by atoms with E-state index in [0.29, 0.717) is 23.6 Å². The highest BCUT2D eigenvalue weighted by atomic mass is 16.5. The minimum Gasteiger partial charge on any atom is -0.450 e. The van der Waals surface area contributed by atoms with E-state index in [1.807, 2.05) is 0 Å². The highest BCUT2D eigenvalue weighted by Crippen LogP contribution is 2.18. The van der Waals surface area contributed by atoms with Crippen LogP contribution in [0.4, 0.5) is 10.6 Å². The van der Waals surface area contributed by atoms with Crippen LogP contribution in [0, 0.1) is 5.41 Å². The summed E-state index contributed by atoms with van der Waals surface area (Å²) in [5.41, 5.74) is 0.0581. The molecule has 2 rings (SSSR count). The number of carbonyl (C=O) groups is 1. The lowest BCUT2D eigenvalue weighted by Crippen LogP contribution is -2.36. The Hall–Kier alpha value is -2.13. The molecular formula is C11H17N5O4. The van der Waals surface area contributed by atoms with E-state index in [1.165, 1.54) is 6.07 Å². The summed E-state index contributed by atoms with van der Waals surface area (Å²) < 4.78 is 10.7. The lowest BCUT2D eigenvalue weighted by Gasteiger charge is -2.23. The number of nitrogens with zero attached hydrogens (tertiary/aromatic N) is 2. The number of rotatable bonds is 3. The highest BCUT2D eigenvalue weighted by Gasteiger charge is 2.20. The zero-order valence-corrected chi connectivity index (χ0v) is 11.0. The number of hydrogen-bond acceptors (Lipinski definition) is 7. The van der Waals surface area contributed by atoms with Crippen LogP contribution in [-0.4, -0.2) is 47.3 Å². The van der Waals surface area contributed by atoms with Crippen molar-refractivity contribution in [3.63, 3.8) is 0 Å². The van der Waals surface area contributed by atoms with Gasteiger partial charge in [0.05, 0.1) is 18.9 Å². The number of morpholine rings is 1. The van der Waals surface area contributed by atoms with Gasteiger partial charge in [-0.3, -0.25) is 10.7 Å². The van der Waals surface area contributed by atoms with Gasteiger partial charge in [-0.2, -0.15) is 0 Å². The van der Waals surface area contributed by atoms with E-state index in [1.54, 1.807) is 6.92 Å². The molecule has 1 aromatic heterocycles. The lowest BCUT2D eigenvalue weighted by molar-refractivity contribution is 0.0240. The van der Waals surface area contributed by atoms with Crippen molar-refractivity contribution >= 4 is 11.9 Å². The molecule has 1 atom stereocenters. The summed E-state index contributed by atoms with van der Waals surface area (Å²) >= 11 is 0. The quantitative estimate of drug-likeness (QED) is 0.571. The fourth-order valence-corrected chi connectivity index (χ4v) is 1.80. The summed E-state index contributed by atoms with van der Waals surface area (Å²) in [6.07, 6.45) is -1.04. The van der Waals surface area contributed by atoms with Gasteiger partial charge in [-0.1, -0.05) is 0 Å². The van der Waals surface area contributed by atoms with Crippen molar-refractivity contribution < 1.29 is 19.5 Å². The molecule has 0 aliphatic carbocycles. The number of amides is 1. The third-order valence-electron chi connectivity index (χ3n) is 2.71. The van der Waals surface area contributed by atoms with Gasteiger partial charge in [-0.05, 0) is 6.92 Å². The van der Waals surface area contributed by atoms with E-state index >= 15 is 0 Å². The zero-order chi connectivity index (χ0) is 14.5. The smallest absolute Gasteiger partial charge is 0.412 e. The van der Waals surface area contributed by atoms with Crippen molar-refractivity contribution in [3.05, 3.63) is 17.4 Å². The largest absolute Gasteiger partial charge is 0.450 e. The van der Waals surface area contributed by atoms with Crippen LogP contribution in [-0.2, 0) is 9.47 Å². The lowest BCUT2D eigenvalue weighted by atomic mass is 10.2. The summed E-state index contributed by atoms with van der Waals surface area (Å²) in [6.45, 7) is 3.72. The number of hydrogen-bond donors (Lipinski definition) is 4. The third kappa shape index (κ3) is 3.25. The number of ether oxygens (including phenoxy) is 2. The van der Waals surface area contributed by atoms with Crippen LogP contribution in [0.3, 0.4) is 0 Å². The molecule has 4 N–H and O–H groups in total. The standard InChI is InChI=1S/C11H17N5O4/c1-2-19-11(17)15-9-5-7(14-10(12)16(9)18)8-6-13-3-4-20-8/h5,8,12-13,18H,2-4,6H2,1H3,(H,15,17). The molecule has 0 aromatic carbocycles. The number of aromatic nitrogens is 2. The molecule has 1 aliphatic rings. The molecule has 110 valence electrons. The van der Waals surface area contributed by atoms with E-state index < -0.39 is 11.7 Å². The monoisotopic (exact) mass is 283 g/mol. The minimum atomic E-state index is -0.713. The first-order chi connectivity index (χ1) is 9.61. The van der Waals surface area contributed by atoms with Gasteiger partial charge < -0.3 is 20.0 Å². The van der Waals surface area contributed by atoms with Gasteiger partial charge in [0.1, 0.15) is 6.10 Å². The highest BCUT2D eigenvalue weighted by molar-refractivity contribution is 5.83. The Morgan fingerprint density at radius 1 is 1.80 bits per heavy atom. The van der Waals surface area contributed by atoms with E-state index in [9.17, 15) is 10.0 Å². The summed E-state index contributed by atoms with van der Waals surface area (Å²) in [5, 5.41) is 22.8. The maximum absolute atomic E-state index is 11.4. The van der Waals surface area contributed by atoms with Crippen LogP contribution in [0.15, 0.2) is 6.07 Å². The average molecular weight is 283 g/mol. The van der Waals surface area contributed by atoms with Gasteiger partial charge in [0, 0.05) is 19.2 Å². The predicted molar refractivity (Wildman–Crippen MR) is 67.5 cm³/mol. The fourth-order valence-electron chi connectivity index (χ4n) is 1.80. The van der Waals surface area contributed by atoms with Crippen LogP contribution in [0.25, 0.3) is 0 Å². The average Bonchev–Trinajstić information content (AvgIpc) is 2.45. The molecule has 20 heavy (non-hydrogen) atoms. The SMILES string of the molecule is CCOC(=O)Nc1cc(C2CNCCO2)nc(=N)n1O. The van der Waals surface area contributed by atoms with Crippen molar-refractivity contribution in [2.75, 3.05) is 31.6 Å². The second kappa shape index (κ2) is 6.35. The van der Waals surface area contributed by atoms with Gasteiger partial charge >= 0.3 is 6.09 Å². The summed E-state index contributed by atoms with van der Waals surface area (Å²) in [7, 11) is 0. The normalized spacial score (nSPS) is 18.6. The van der Waals surface area contributed by atoms with E-state index in [0.717, 1.165) is 6.54 Å². The molecule has 0 radical (unpaired) electrons. The van der Waals surface area contributed by atoms with E-state index in [2.05, 4.69) is 15.6 Å².